The minimum absolute atomic E-state index is 0.482. The second-order valence-electron chi connectivity index (χ2n) is 4.57. The van der Waals surface area contributed by atoms with Gasteiger partial charge in [-0.25, -0.2) is 0 Å². The van der Waals surface area contributed by atoms with Gasteiger partial charge in [0.25, 0.3) is 0 Å². The van der Waals surface area contributed by atoms with Crippen LogP contribution < -0.4 is 0 Å². The van der Waals surface area contributed by atoms with Crippen molar-refractivity contribution in [3.8, 4) is 6.07 Å². The number of nitrogens with zero attached hydrogens (tertiary/aromatic N) is 1. The van der Waals surface area contributed by atoms with Gasteiger partial charge in [-0.05, 0) is 43.2 Å². The minimum Gasteiger partial charge on any atom is -0.254 e. The zero-order valence-corrected chi connectivity index (χ0v) is 11.8. The number of benzene rings is 2. The fourth-order valence-corrected chi connectivity index (χ4v) is 3.25. The molecule has 0 saturated carbocycles. The maximum atomic E-state index is 12.3. The van der Waals surface area contributed by atoms with E-state index in [0.29, 0.717) is 11.3 Å². The Labute approximate surface area is 116 Å². The molecule has 2 aromatic rings. The molecule has 0 fully saturated rings. The van der Waals surface area contributed by atoms with E-state index in [4.69, 9.17) is 5.26 Å². The third-order valence-electron chi connectivity index (χ3n) is 2.96. The van der Waals surface area contributed by atoms with Crippen LogP contribution in [-0.2, 0) is 16.6 Å². The van der Waals surface area contributed by atoms with E-state index in [2.05, 4.69) is 6.07 Å². The molecule has 3 heteroatoms. The Hall–Kier alpha value is -1.92. The SMILES string of the molecule is Cc1ccc(S(=O)Cc2ccc(C#N)cc2)c(C)c1. The number of hydrogen-bond acceptors (Lipinski definition) is 2. The molecule has 1 atom stereocenters. The van der Waals surface area contributed by atoms with Crippen molar-refractivity contribution in [3.05, 3.63) is 64.7 Å². The minimum atomic E-state index is -1.05. The van der Waals surface area contributed by atoms with Crippen LogP contribution in [0.25, 0.3) is 0 Å². The molecule has 0 bridgehead atoms. The summed E-state index contributed by atoms with van der Waals surface area (Å²) in [6.45, 7) is 4.01. The van der Waals surface area contributed by atoms with Crippen LogP contribution in [0.5, 0.6) is 0 Å². The lowest BCUT2D eigenvalue weighted by Crippen LogP contribution is -1.99. The van der Waals surface area contributed by atoms with Gasteiger partial charge in [0.1, 0.15) is 0 Å². The molecule has 1 unspecified atom stereocenters. The summed E-state index contributed by atoms with van der Waals surface area (Å²) < 4.78 is 12.3. The van der Waals surface area contributed by atoms with E-state index in [9.17, 15) is 4.21 Å². The molecule has 0 aliphatic heterocycles. The topological polar surface area (TPSA) is 40.9 Å². The van der Waals surface area contributed by atoms with Crippen molar-refractivity contribution in [2.45, 2.75) is 24.5 Å². The van der Waals surface area contributed by atoms with Crippen LogP contribution in [0.1, 0.15) is 22.3 Å². The first-order valence-corrected chi connectivity index (χ1v) is 7.36. The van der Waals surface area contributed by atoms with Gasteiger partial charge in [-0.15, -0.1) is 0 Å². The molecule has 2 rings (SSSR count). The summed E-state index contributed by atoms with van der Waals surface area (Å²) in [5, 5.41) is 8.74. The average Bonchev–Trinajstić information content (AvgIpc) is 2.39. The number of hydrogen-bond donors (Lipinski definition) is 0. The lowest BCUT2D eigenvalue weighted by Gasteiger charge is -2.07. The molecule has 0 heterocycles. The van der Waals surface area contributed by atoms with Crippen molar-refractivity contribution < 1.29 is 4.21 Å². The summed E-state index contributed by atoms with van der Waals surface area (Å²) in [5.74, 6) is 0.482. The van der Waals surface area contributed by atoms with E-state index < -0.39 is 10.8 Å². The van der Waals surface area contributed by atoms with E-state index in [1.165, 1.54) is 5.56 Å². The van der Waals surface area contributed by atoms with Crippen molar-refractivity contribution in [2.24, 2.45) is 0 Å². The molecule has 0 aliphatic rings. The fraction of sp³-hybridized carbons (Fsp3) is 0.188. The first-order valence-electron chi connectivity index (χ1n) is 6.05. The highest BCUT2D eigenvalue weighted by molar-refractivity contribution is 7.84. The summed E-state index contributed by atoms with van der Waals surface area (Å²) in [4.78, 5) is 0.884. The second-order valence-corrected chi connectivity index (χ2v) is 5.99. The van der Waals surface area contributed by atoms with Crippen molar-refractivity contribution in [1.82, 2.24) is 0 Å². The molecular weight excluding hydrogens is 254 g/mol. The normalized spacial score (nSPS) is 11.8. The van der Waals surface area contributed by atoms with Crippen molar-refractivity contribution in [1.29, 1.82) is 5.26 Å². The van der Waals surface area contributed by atoms with Gasteiger partial charge in [-0.3, -0.25) is 4.21 Å². The average molecular weight is 269 g/mol. The molecule has 0 aliphatic carbocycles. The smallest absolute Gasteiger partial charge is 0.0991 e. The lowest BCUT2D eigenvalue weighted by molar-refractivity contribution is 0.682. The lowest BCUT2D eigenvalue weighted by atomic mass is 10.2. The molecule has 0 spiro atoms. The maximum Gasteiger partial charge on any atom is 0.0991 e. The monoisotopic (exact) mass is 269 g/mol. The first kappa shape index (κ1) is 13.5. The fourth-order valence-electron chi connectivity index (χ4n) is 1.96. The van der Waals surface area contributed by atoms with E-state index in [0.717, 1.165) is 16.0 Å². The van der Waals surface area contributed by atoms with Crippen molar-refractivity contribution in [2.75, 3.05) is 0 Å². The van der Waals surface area contributed by atoms with Gasteiger partial charge in [-0.2, -0.15) is 5.26 Å². The van der Waals surface area contributed by atoms with Crippen LogP contribution in [0.2, 0.25) is 0 Å². The Morgan fingerprint density at radius 3 is 2.37 bits per heavy atom. The second kappa shape index (κ2) is 5.81. The summed E-state index contributed by atoms with van der Waals surface area (Å²) in [6, 6.07) is 15.3. The number of nitriles is 1. The van der Waals surface area contributed by atoms with Crippen LogP contribution in [-0.4, -0.2) is 4.21 Å². The standard InChI is InChI=1S/C16H15NOS/c1-12-3-8-16(13(2)9-12)19(18)11-15-6-4-14(10-17)5-7-15/h3-9H,11H2,1-2H3. The third-order valence-corrected chi connectivity index (χ3v) is 4.50. The molecular formula is C16H15NOS. The molecule has 19 heavy (non-hydrogen) atoms. The van der Waals surface area contributed by atoms with Gasteiger partial charge in [0.2, 0.25) is 0 Å². The molecule has 2 nitrogen and oxygen atoms in total. The van der Waals surface area contributed by atoms with Crippen LogP contribution in [0.15, 0.2) is 47.4 Å². The van der Waals surface area contributed by atoms with Gasteiger partial charge in [-0.1, -0.05) is 29.8 Å². The molecule has 0 aromatic heterocycles. The molecule has 0 radical (unpaired) electrons. The summed E-state index contributed by atoms with van der Waals surface area (Å²) in [7, 11) is -1.05. The van der Waals surface area contributed by atoms with Crippen molar-refractivity contribution >= 4 is 10.8 Å². The van der Waals surface area contributed by atoms with Gasteiger partial charge >= 0.3 is 0 Å². The maximum absolute atomic E-state index is 12.3. The zero-order chi connectivity index (χ0) is 13.8. The Bertz CT molecular complexity index is 653. The molecule has 0 amide bonds. The van der Waals surface area contributed by atoms with Crippen LogP contribution in [0.3, 0.4) is 0 Å². The largest absolute Gasteiger partial charge is 0.254 e. The molecule has 0 saturated heterocycles. The zero-order valence-electron chi connectivity index (χ0n) is 11.0. The van der Waals surface area contributed by atoms with Crippen LogP contribution in [0.4, 0.5) is 0 Å². The molecule has 0 N–H and O–H groups in total. The van der Waals surface area contributed by atoms with E-state index in [-0.39, 0.29) is 0 Å². The number of aryl methyl sites for hydroxylation is 2. The number of rotatable bonds is 3. The van der Waals surface area contributed by atoms with Crippen LogP contribution >= 0.6 is 0 Å². The van der Waals surface area contributed by atoms with Crippen molar-refractivity contribution in [3.63, 3.8) is 0 Å². The summed E-state index contributed by atoms with van der Waals surface area (Å²) >= 11 is 0. The summed E-state index contributed by atoms with van der Waals surface area (Å²) in [6.07, 6.45) is 0. The Morgan fingerprint density at radius 1 is 1.11 bits per heavy atom. The first-order chi connectivity index (χ1) is 9.10. The highest BCUT2D eigenvalue weighted by atomic mass is 32.2. The Kier molecular flexibility index (Phi) is 4.13. The third kappa shape index (κ3) is 3.30. The summed E-state index contributed by atoms with van der Waals surface area (Å²) in [5.41, 5.74) is 3.85. The van der Waals surface area contributed by atoms with E-state index in [1.54, 1.807) is 12.1 Å². The van der Waals surface area contributed by atoms with Crippen LogP contribution in [0, 0.1) is 25.2 Å². The molecule has 96 valence electrons. The molecule has 2 aromatic carbocycles. The Morgan fingerprint density at radius 2 is 1.79 bits per heavy atom. The van der Waals surface area contributed by atoms with E-state index in [1.807, 2.05) is 44.2 Å². The Balaban J connectivity index is 2.18. The van der Waals surface area contributed by atoms with Gasteiger partial charge in [0.05, 0.1) is 28.2 Å². The predicted octanol–water partition coefficient (Wildman–Crippen LogP) is 3.48. The predicted molar refractivity (Wildman–Crippen MR) is 77.2 cm³/mol. The van der Waals surface area contributed by atoms with Gasteiger partial charge in [0.15, 0.2) is 0 Å². The van der Waals surface area contributed by atoms with Gasteiger partial charge < -0.3 is 0 Å². The highest BCUT2D eigenvalue weighted by Crippen LogP contribution is 2.18. The highest BCUT2D eigenvalue weighted by Gasteiger charge is 2.08. The van der Waals surface area contributed by atoms with E-state index >= 15 is 0 Å². The quantitative estimate of drug-likeness (QED) is 0.856. The van der Waals surface area contributed by atoms with Gasteiger partial charge in [0, 0.05) is 4.90 Å².